The van der Waals surface area contributed by atoms with Crippen molar-refractivity contribution in [2.45, 2.75) is 107 Å². The molecule has 1 aliphatic rings. The quantitative estimate of drug-likeness (QED) is 0.0544. The van der Waals surface area contributed by atoms with Crippen LogP contribution in [0.5, 0.6) is 0 Å². The fourth-order valence-corrected chi connectivity index (χ4v) is 14.5. The Bertz CT molecular complexity index is 3740. The van der Waals surface area contributed by atoms with Gasteiger partial charge in [-0.2, -0.15) is 0 Å². The van der Waals surface area contributed by atoms with E-state index in [0.29, 0.717) is 0 Å². The molecule has 0 aromatic heterocycles. The maximum atomic E-state index is 3.57. The first-order valence-electron chi connectivity index (χ1n) is 32.6. The molecule has 1 saturated heterocycles. The first-order chi connectivity index (χ1) is 41.3. The van der Waals surface area contributed by atoms with Crippen LogP contribution in [0.2, 0.25) is 0 Å². The summed E-state index contributed by atoms with van der Waals surface area (Å²) in [7, 11) is 0. The molecule has 6 nitrogen and oxygen atoms in total. The van der Waals surface area contributed by atoms with Gasteiger partial charge in [0.1, 0.15) is 0 Å². The van der Waals surface area contributed by atoms with E-state index in [1.165, 1.54) is 138 Å². The molecular weight excluding hydrogens is 1020 g/mol. The van der Waals surface area contributed by atoms with Crippen molar-refractivity contribution in [3.63, 3.8) is 0 Å². The molecule has 1 N–H and O–H groups in total. The molecule has 1 aliphatic heterocycles. The third-order valence-corrected chi connectivity index (χ3v) is 18.3. The summed E-state index contributed by atoms with van der Waals surface area (Å²) < 4.78 is 0. The molecule has 1 fully saturated rings. The Balaban J connectivity index is 1.20. The number of rotatable bonds is 26. The summed E-state index contributed by atoms with van der Waals surface area (Å²) >= 11 is 0. The minimum absolute atomic E-state index is 1.01. The summed E-state index contributed by atoms with van der Waals surface area (Å²) in [6, 6.07) is 61.1. The molecule has 84 heavy (non-hydrogen) atoms. The van der Waals surface area contributed by atoms with Crippen molar-refractivity contribution >= 4 is 82.3 Å². The molecule has 0 aliphatic carbocycles. The van der Waals surface area contributed by atoms with Crippen LogP contribution in [0, 0.1) is 0 Å². The van der Waals surface area contributed by atoms with Crippen molar-refractivity contribution in [3.8, 4) is 55.6 Å². The van der Waals surface area contributed by atoms with Gasteiger partial charge in [-0.1, -0.05) is 116 Å². The second-order valence-electron chi connectivity index (χ2n) is 24.2. The molecule has 6 heteroatoms. The van der Waals surface area contributed by atoms with Crippen LogP contribution in [0.3, 0.4) is 0 Å². The number of nitrogens with one attached hydrogen (secondary N) is 1. The smallest absolute Gasteiger partial charge is 0.0367 e. The second kappa shape index (κ2) is 25.4. The molecule has 0 atom stereocenters. The third-order valence-electron chi connectivity index (χ3n) is 18.3. The van der Waals surface area contributed by atoms with Crippen LogP contribution < -0.4 is 29.8 Å². The normalized spacial score (nSPS) is 13.0. The lowest BCUT2D eigenvalue weighted by Gasteiger charge is -2.29. The standard InChI is InChI=1S/C78H90N6/c1-9-39-80(40-10-2)59-27-17-54(18-28-59)64-49-69-65(55-19-29-60(30-20-55)81(41-11-3)42-12-4)50-71-67(57-23-33-62(34-24-57)83(45-15-7)46-16-8)52-73-68(58-25-35-63(36-26-58)84-47-37-79-38-48-84)53-72-66(51-70(64)75-74(69)76(71)78(73)77(72)75)56-21-31-61(32-22-56)82(43-13-5)44-14-6/h17-36,49-53,79H,9-16,37-48H2,1-8H3. The monoisotopic (exact) mass is 1110 g/mol. The Morgan fingerprint density at radius 1 is 0.286 bits per heavy atom. The van der Waals surface area contributed by atoms with Crippen LogP contribution in [0.4, 0.5) is 28.4 Å². The zero-order valence-corrected chi connectivity index (χ0v) is 51.8. The predicted molar refractivity (Wildman–Crippen MR) is 371 cm³/mol. The van der Waals surface area contributed by atoms with Gasteiger partial charge < -0.3 is 29.8 Å². The van der Waals surface area contributed by atoms with Crippen LogP contribution >= 0.6 is 0 Å². The van der Waals surface area contributed by atoms with Gasteiger partial charge in [-0.3, -0.25) is 0 Å². The summed E-state index contributed by atoms with van der Waals surface area (Å²) in [5.74, 6) is 0. The molecule has 11 aromatic carbocycles. The highest BCUT2D eigenvalue weighted by Crippen LogP contribution is 2.57. The van der Waals surface area contributed by atoms with Crippen molar-refractivity contribution in [2.24, 2.45) is 0 Å². The van der Waals surface area contributed by atoms with Gasteiger partial charge in [0.15, 0.2) is 0 Å². The number of anilines is 5. The minimum Gasteiger partial charge on any atom is -0.372 e. The maximum absolute atomic E-state index is 3.57. The average Bonchev–Trinajstić information content (AvgIpc) is 1.51. The highest BCUT2D eigenvalue weighted by atomic mass is 15.2. The van der Waals surface area contributed by atoms with Gasteiger partial charge in [-0.15, -0.1) is 0 Å². The zero-order valence-electron chi connectivity index (χ0n) is 51.8. The van der Waals surface area contributed by atoms with E-state index in [4.69, 9.17) is 0 Å². The van der Waals surface area contributed by atoms with Crippen molar-refractivity contribution < 1.29 is 0 Å². The highest BCUT2D eigenvalue weighted by molar-refractivity contribution is 6.49. The van der Waals surface area contributed by atoms with Crippen LogP contribution in [-0.4, -0.2) is 78.5 Å². The molecule has 0 radical (unpaired) electrons. The van der Waals surface area contributed by atoms with E-state index in [1.54, 1.807) is 0 Å². The summed E-state index contributed by atoms with van der Waals surface area (Å²) in [5, 5.41) is 17.1. The summed E-state index contributed by atoms with van der Waals surface area (Å²) in [6.45, 7) is 30.9. The summed E-state index contributed by atoms with van der Waals surface area (Å²) in [4.78, 5) is 12.8. The molecule has 0 saturated carbocycles. The van der Waals surface area contributed by atoms with Gasteiger partial charge in [0.05, 0.1) is 0 Å². The Hall–Kier alpha value is -7.54. The highest BCUT2D eigenvalue weighted by Gasteiger charge is 2.30. The van der Waals surface area contributed by atoms with E-state index in [-0.39, 0.29) is 0 Å². The Morgan fingerprint density at radius 3 is 0.690 bits per heavy atom. The van der Waals surface area contributed by atoms with Gasteiger partial charge in [-0.05, 0) is 252 Å². The largest absolute Gasteiger partial charge is 0.372 e. The molecule has 11 aromatic rings. The van der Waals surface area contributed by atoms with Gasteiger partial charge in [-0.25, -0.2) is 0 Å². The van der Waals surface area contributed by atoms with E-state index >= 15 is 0 Å². The predicted octanol–water partition coefficient (Wildman–Crippen LogP) is 20.0. The van der Waals surface area contributed by atoms with Crippen molar-refractivity contribution in [3.05, 3.63) is 152 Å². The van der Waals surface area contributed by atoms with E-state index in [2.05, 4.69) is 237 Å². The summed E-state index contributed by atoms with van der Waals surface area (Å²) in [5.41, 5.74) is 19.3. The van der Waals surface area contributed by atoms with Crippen molar-refractivity contribution in [1.82, 2.24) is 5.32 Å². The van der Waals surface area contributed by atoms with E-state index in [1.807, 2.05) is 0 Å². The van der Waals surface area contributed by atoms with Crippen molar-refractivity contribution in [1.29, 1.82) is 0 Å². The fourth-order valence-electron chi connectivity index (χ4n) is 14.5. The third kappa shape index (κ3) is 10.6. The number of hydrogen-bond acceptors (Lipinski definition) is 6. The van der Waals surface area contributed by atoms with Crippen LogP contribution in [-0.2, 0) is 0 Å². The zero-order chi connectivity index (χ0) is 57.8. The van der Waals surface area contributed by atoms with E-state index in [0.717, 1.165) is 130 Å². The lowest BCUT2D eigenvalue weighted by molar-refractivity contribution is 0.589. The molecule has 0 amide bonds. The van der Waals surface area contributed by atoms with Crippen LogP contribution in [0.15, 0.2) is 152 Å². The summed E-state index contributed by atoms with van der Waals surface area (Å²) in [6.07, 6.45) is 8.99. The molecule has 0 bridgehead atoms. The first kappa shape index (κ1) is 56.9. The lowest BCUT2D eigenvalue weighted by Crippen LogP contribution is -2.43. The Kier molecular flexibility index (Phi) is 17.2. The van der Waals surface area contributed by atoms with Gasteiger partial charge in [0, 0.05) is 107 Å². The number of nitrogens with zero attached hydrogens (tertiary/aromatic N) is 5. The molecule has 1 heterocycles. The fraction of sp³-hybridized carbons (Fsp3) is 0.359. The average molecular weight is 1110 g/mol. The van der Waals surface area contributed by atoms with E-state index < -0.39 is 0 Å². The molecule has 12 rings (SSSR count). The van der Waals surface area contributed by atoms with Crippen LogP contribution in [0.1, 0.15) is 107 Å². The number of benzene rings is 10. The van der Waals surface area contributed by atoms with Crippen molar-refractivity contribution in [2.75, 3.05) is 103 Å². The molecular formula is C78H90N6. The lowest BCUT2D eigenvalue weighted by atomic mass is 9.86. The van der Waals surface area contributed by atoms with E-state index in [9.17, 15) is 0 Å². The first-order valence-corrected chi connectivity index (χ1v) is 32.6. The Labute approximate surface area is 502 Å². The number of hydrogen-bond donors (Lipinski definition) is 1. The van der Waals surface area contributed by atoms with Crippen LogP contribution in [0.25, 0.3) is 109 Å². The molecule has 432 valence electrons. The second-order valence-corrected chi connectivity index (χ2v) is 24.2. The molecule has 0 unspecified atom stereocenters. The number of piperazine rings is 1. The minimum atomic E-state index is 1.01. The maximum Gasteiger partial charge on any atom is 0.0367 e. The Morgan fingerprint density at radius 2 is 0.488 bits per heavy atom. The molecule has 0 spiro atoms. The topological polar surface area (TPSA) is 28.2 Å². The van der Waals surface area contributed by atoms with Gasteiger partial charge in [0.25, 0.3) is 0 Å². The SMILES string of the molecule is CCCN(CCC)c1ccc(-c2cc3c(-c4ccc(N(CCC)CCC)cc4)cc4c(-c5ccc(N6CCNCC6)cc5)cc5c(-c6ccc(N(CCC)CCC)cc6)cc6c(-c7ccc(N(CCC)CCC)cc7)cc2c2c6c5c4c32)cc1. The van der Waals surface area contributed by atoms with Gasteiger partial charge >= 0.3 is 0 Å². The van der Waals surface area contributed by atoms with Gasteiger partial charge in [0.2, 0.25) is 0 Å².